The van der Waals surface area contributed by atoms with Gasteiger partial charge in [-0.05, 0) is 50.7 Å². The van der Waals surface area contributed by atoms with Crippen molar-refractivity contribution in [1.82, 2.24) is 14.9 Å². The van der Waals surface area contributed by atoms with E-state index < -0.39 is 34.6 Å². The number of halogens is 4. The van der Waals surface area contributed by atoms with Crippen molar-refractivity contribution in [3.8, 4) is 11.1 Å². The van der Waals surface area contributed by atoms with E-state index in [9.17, 15) is 22.8 Å². The summed E-state index contributed by atoms with van der Waals surface area (Å²) < 4.78 is 62.1. The maximum atomic E-state index is 15.7. The van der Waals surface area contributed by atoms with Gasteiger partial charge in [0.25, 0.3) is 5.91 Å². The number of hydrogen-bond acceptors (Lipinski definition) is 7. The molecule has 0 saturated carbocycles. The first kappa shape index (κ1) is 29.5. The first-order valence-electron chi connectivity index (χ1n) is 13.6. The molecule has 2 aliphatic heterocycles. The fraction of sp³-hybridized carbons (Fsp3) is 0.414. The zero-order valence-corrected chi connectivity index (χ0v) is 23.3. The van der Waals surface area contributed by atoms with E-state index >= 15 is 4.39 Å². The predicted molar refractivity (Wildman–Crippen MR) is 152 cm³/mol. The monoisotopic (exact) mass is 588 g/mol. The van der Waals surface area contributed by atoms with Crippen LogP contribution in [0, 0.1) is 11.7 Å². The summed E-state index contributed by atoms with van der Waals surface area (Å²) >= 11 is 0. The van der Waals surface area contributed by atoms with E-state index in [1.807, 2.05) is 19.0 Å². The Morgan fingerprint density at radius 3 is 2.57 bits per heavy atom. The molecule has 2 aromatic heterocycles. The predicted octanol–water partition coefficient (Wildman–Crippen LogP) is 4.07. The third-order valence-electron chi connectivity index (χ3n) is 7.45. The summed E-state index contributed by atoms with van der Waals surface area (Å²) in [5, 5.41) is 2.57. The lowest BCUT2D eigenvalue weighted by molar-refractivity contribution is -0.138. The third-order valence-corrected chi connectivity index (χ3v) is 7.45. The standard InChI is InChI=1S/C29H32F4N6O3/c1-37(2)16-18-5-6-39(17-18)25-13-23(30)20(19-3-4-26(34-14-19)38-7-9-42-10-8-38)11-24(25)36-28(41)21-15-35-27(40)12-22(21)29(31,32)33/h3-4,11-15,18H,5-10,16-17H2,1-2H3,(H,35,40)(H,36,41)/t18-/m0/s1. The summed E-state index contributed by atoms with van der Waals surface area (Å²) in [5.74, 6) is -0.629. The van der Waals surface area contributed by atoms with Crippen molar-refractivity contribution in [2.24, 2.45) is 5.92 Å². The molecule has 224 valence electrons. The number of rotatable bonds is 7. The van der Waals surface area contributed by atoms with Gasteiger partial charge in [-0.15, -0.1) is 0 Å². The van der Waals surface area contributed by atoms with Gasteiger partial charge >= 0.3 is 6.18 Å². The highest BCUT2D eigenvalue weighted by atomic mass is 19.4. The molecule has 0 bridgehead atoms. The number of aromatic nitrogens is 2. The Bertz CT molecular complexity index is 1490. The van der Waals surface area contributed by atoms with Crippen LogP contribution in [0.2, 0.25) is 0 Å². The number of anilines is 3. The van der Waals surface area contributed by atoms with Gasteiger partial charge in [0.1, 0.15) is 11.6 Å². The van der Waals surface area contributed by atoms with Gasteiger partial charge in [0.2, 0.25) is 5.56 Å². The summed E-state index contributed by atoms with van der Waals surface area (Å²) in [6, 6.07) is 6.56. The topological polar surface area (TPSA) is 93.8 Å². The number of alkyl halides is 3. The second-order valence-corrected chi connectivity index (χ2v) is 10.8. The van der Waals surface area contributed by atoms with E-state index in [0.717, 1.165) is 19.2 Å². The highest BCUT2D eigenvalue weighted by molar-refractivity contribution is 6.07. The molecule has 1 atom stereocenters. The van der Waals surface area contributed by atoms with Crippen molar-refractivity contribution in [1.29, 1.82) is 0 Å². The van der Waals surface area contributed by atoms with Gasteiger partial charge in [-0.1, -0.05) is 0 Å². The van der Waals surface area contributed by atoms with Crippen molar-refractivity contribution in [3.63, 3.8) is 0 Å². The molecule has 0 radical (unpaired) electrons. The number of amides is 1. The van der Waals surface area contributed by atoms with E-state index in [4.69, 9.17) is 4.74 Å². The number of nitrogens with one attached hydrogen (secondary N) is 2. The lowest BCUT2D eigenvalue weighted by Crippen LogP contribution is -2.36. The van der Waals surface area contributed by atoms with Gasteiger partial charge in [-0.25, -0.2) is 9.37 Å². The smallest absolute Gasteiger partial charge is 0.378 e. The number of pyridine rings is 2. The molecule has 0 spiro atoms. The Morgan fingerprint density at radius 2 is 1.90 bits per heavy atom. The second-order valence-electron chi connectivity index (χ2n) is 10.8. The number of carbonyl (C=O) groups excluding carboxylic acids is 1. The van der Waals surface area contributed by atoms with Crippen LogP contribution in [0.15, 0.2) is 47.5 Å². The van der Waals surface area contributed by atoms with Crippen LogP contribution in [0.5, 0.6) is 0 Å². The molecular formula is C29H32F4N6O3. The molecule has 9 nitrogen and oxygen atoms in total. The first-order valence-corrected chi connectivity index (χ1v) is 13.6. The van der Waals surface area contributed by atoms with Crippen LogP contribution in [0.25, 0.3) is 11.1 Å². The Morgan fingerprint density at radius 1 is 1.14 bits per heavy atom. The van der Waals surface area contributed by atoms with E-state index in [0.29, 0.717) is 68.4 Å². The maximum Gasteiger partial charge on any atom is 0.417 e. The molecule has 1 amide bonds. The van der Waals surface area contributed by atoms with Crippen molar-refractivity contribution < 1.29 is 27.1 Å². The van der Waals surface area contributed by atoms with Gasteiger partial charge < -0.3 is 29.7 Å². The molecule has 5 rings (SSSR count). The highest BCUT2D eigenvalue weighted by Gasteiger charge is 2.36. The fourth-order valence-corrected chi connectivity index (χ4v) is 5.47. The van der Waals surface area contributed by atoms with Crippen LogP contribution in [0.1, 0.15) is 22.3 Å². The van der Waals surface area contributed by atoms with E-state index in [2.05, 4.69) is 25.1 Å². The van der Waals surface area contributed by atoms with E-state index in [1.165, 1.54) is 18.3 Å². The summed E-state index contributed by atoms with van der Waals surface area (Å²) in [7, 11) is 3.92. The molecule has 0 unspecified atom stereocenters. The maximum absolute atomic E-state index is 15.7. The second kappa shape index (κ2) is 12.1. The number of benzene rings is 1. The van der Waals surface area contributed by atoms with Crippen LogP contribution >= 0.6 is 0 Å². The lowest BCUT2D eigenvalue weighted by Gasteiger charge is -2.28. The van der Waals surface area contributed by atoms with Crippen molar-refractivity contribution >= 4 is 23.1 Å². The molecular weight excluding hydrogens is 556 g/mol. The molecule has 2 N–H and O–H groups in total. The molecule has 3 aromatic rings. The molecule has 1 aromatic carbocycles. The lowest BCUT2D eigenvalue weighted by atomic mass is 10.0. The van der Waals surface area contributed by atoms with Gasteiger partial charge in [-0.3, -0.25) is 9.59 Å². The molecule has 4 heterocycles. The van der Waals surface area contributed by atoms with Crippen LogP contribution in [-0.4, -0.2) is 80.8 Å². The molecule has 42 heavy (non-hydrogen) atoms. The largest absolute Gasteiger partial charge is 0.417 e. The Labute approximate surface area is 240 Å². The minimum Gasteiger partial charge on any atom is -0.378 e. The Balaban J connectivity index is 1.51. The highest BCUT2D eigenvalue weighted by Crippen LogP contribution is 2.38. The number of morpholine rings is 1. The summed E-state index contributed by atoms with van der Waals surface area (Å²) in [5.41, 5.74) is -2.00. The first-order chi connectivity index (χ1) is 20.0. The van der Waals surface area contributed by atoms with Crippen LogP contribution < -0.4 is 20.7 Å². The average Bonchev–Trinajstić information content (AvgIpc) is 3.41. The van der Waals surface area contributed by atoms with Crippen LogP contribution in [-0.2, 0) is 10.9 Å². The molecule has 2 saturated heterocycles. The average molecular weight is 589 g/mol. The molecule has 2 fully saturated rings. The van der Waals surface area contributed by atoms with Gasteiger partial charge in [0.15, 0.2) is 0 Å². The van der Waals surface area contributed by atoms with Gasteiger partial charge in [0.05, 0.1) is 35.7 Å². The van der Waals surface area contributed by atoms with Gasteiger partial charge in [-0.2, -0.15) is 13.2 Å². The van der Waals surface area contributed by atoms with Crippen LogP contribution in [0.3, 0.4) is 0 Å². The number of H-pyrrole nitrogens is 1. The number of aromatic amines is 1. The number of nitrogens with zero attached hydrogens (tertiary/aromatic N) is 4. The minimum absolute atomic E-state index is 0.136. The van der Waals surface area contributed by atoms with E-state index in [-0.39, 0.29) is 11.3 Å². The molecule has 2 aliphatic rings. The summed E-state index contributed by atoms with van der Waals surface area (Å²) in [6.07, 6.45) is -1.83. The van der Waals surface area contributed by atoms with Crippen molar-refractivity contribution in [3.05, 3.63) is 70.0 Å². The van der Waals surface area contributed by atoms with Gasteiger partial charge in [0, 0.05) is 62.3 Å². The number of hydrogen-bond donors (Lipinski definition) is 2. The Hall–Kier alpha value is -3.97. The Kier molecular flexibility index (Phi) is 8.50. The minimum atomic E-state index is -4.93. The SMILES string of the molecule is CN(C)C[C@@H]1CCN(c2cc(F)c(-c3ccc(N4CCOCC4)nc3)cc2NC(=O)c2c[nH]c(=O)cc2C(F)(F)F)C1. The van der Waals surface area contributed by atoms with E-state index in [1.54, 1.807) is 12.1 Å². The quantitative estimate of drug-likeness (QED) is 0.402. The fourth-order valence-electron chi connectivity index (χ4n) is 5.47. The number of ether oxygens (including phenoxy) is 1. The zero-order valence-electron chi connectivity index (χ0n) is 23.3. The van der Waals surface area contributed by atoms with Crippen LogP contribution in [0.4, 0.5) is 34.8 Å². The molecule has 0 aliphatic carbocycles. The zero-order chi connectivity index (χ0) is 30.0. The summed E-state index contributed by atoms with van der Waals surface area (Å²) in [6.45, 7) is 4.51. The summed E-state index contributed by atoms with van der Waals surface area (Å²) in [4.78, 5) is 37.5. The third kappa shape index (κ3) is 6.57. The van der Waals surface area contributed by atoms with Crippen molar-refractivity contribution in [2.45, 2.75) is 12.6 Å². The van der Waals surface area contributed by atoms with Crippen molar-refractivity contribution in [2.75, 3.05) is 75.1 Å². The number of carbonyl (C=O) groups is 1. The normalized spacial score (nSPS) is 17.6. The molecule has 13 heteroatoms.